The van der Waals surface area contributed by atoms with Crippen molar-refractivity contribution in [3.63, 3.8) is 0 Å². The van der Waals surface area contributed by atoms with E-state index >= 15 is 0 Å². The highest BCUT2D eigenvalue weighted by molar-refractivity contribution is 4.96. The van der Waals surface area contributed by atoms with Gasteiger partial charge in [0, 0.05) is 24.3 Å². The Labute approximate surface area is 112 Å². The minimum atomic E-state index is -1.12. The first-order valence-corrected chi connectivity index (χ1v) is 5.76. The van der Waals surface area contributed by atoms with E-state index in [0.29, 0.717) is 0 Å². The second-order valence-corrected chi connectivity index (χ2v) is 4.22. The van der Waals surface area contributed by atoms with E-state index in [-0.39, 0.29) is 6.61 Å². The molecule has 1 fully saturated rings. The van der Waals surface area contributed by atoms with Crippen molar-refractivity contribution in [2.45, 2.75) is 24.5 Å². The Morgan fingerprint density at radius 2 is 2.40 bits per heavy atom. The molecule has 10 nitrogen and oxygen atoms in total. The fourth-order valence-corrected chi connectivity index (χ4v) is 2.07. The van der Waals surface area contributed by atoms with Crippen molar-refractivity contribution in [2.24, 2.45) is 5.11 Å². The van der Waals surface area contributed by atoms with Crippen LogP contribution in [-0.4, -0.2) is 46.6 Å². The van der Waals surface area contributed by atoms with Gasteiger partial charge in [-0.25, -0.2) is 4.79 Å². The van der Waals surface area contributed by atoms with Gasteiger partial charge in [0.2, 0.25) is 0 Å². The third-order valence-electron chi connectivity index (χ3n) is 2.98. The number of aliphatic hydroxyl groups excluding tert-OH is 1. The smallest absolute Gasteiger partial charge is 0.330 e. The van der Waals surface area contributed by atoms with Crippen LogP contribution in [0.3, 0.4) is 0 Å². The van der Waals surface area contributed by atoms with Crippen molar-refractivity contribution in [1.82, 2.24) is 9.55 Å². The standard InChI is InChI=1S/C10H13N5O5/c1-19-4-5-8(17)7(13-14-11)9(20-5)15-3-2-6(16)12-10(15)18/h2-3,5,7-9,17H,4H2,1H3,(H,12,16,18)/t5-,7-,8-,9-/m1/s1. The predicted octanol–water partition coefficient (Wildman–Crippen LogP) is -0.880. The number of H-pyrrole nitrogens is 1. The first kappa shape index (κ1) is 14.3. The summed E-state index contributed by atoms with van der Waals surface area (Å²) in [4.78, 5) is 27.5. The number of ether oxygens (including phenoxy) is 2. The molecular weight excluding hydrogens is 270 g/mol. The molecule has 0 bridgehead atoms. The van der Waals surface area contributed by atoms with Crippen molar-refractivity contribution in [3.8, 4) is 0 Å². The SMILES string of the molecule is COC[C@H]1O[C@@H](n2ccc(=O)[nH]c2=O)[C@H](N=[N+]=[N-])[C@@H]1O. The van der Waals surface area contributed by atoms with Crippen molar-refractivity contribution >= 4 is 0 Å². The third kappa shape index (κ3) is 2.58. The number of aliphatic hydroxyl groups is 1. The van der Waals surface area contributed by atoms with E-state index in [4.69, 9.17) is 15.0 Å². The minimum Gasteiger partial charge on any atom is -0.390 e. The van der Waals surface area contributed by atoms with Gasteiger partial charge in [-0.05, 0) is 5.53 Å². The normalized spacial score (nSPS) is 29.1. The van der Waals surface area contributed by atoms with Crippen LogP contribution in [0.1, 0.15) is 6.23 Å². The van der Waals surface area contributed by atoms with Crippen LogP contribution in [-0.2, 0) is 9.47 Å². The lowest BCUT2D eigenvalue weighted by Crippen LogP contribution is -2.36. The summed E-state index contributed by atoms with van der Waals surface area (Å²) < 4.78 is 11.4. The average Bonchev–Trinajstić information content (AvgIpc) is 2.69. The van der Waals surface area contributed by atoms with Crippen LogP contribution in [0.15, 0.2) is 27.0 Å². The molecule has 0 aliphatic carbocycles. The van der Waals surface area contributed by atoms with Crippen molar-refractivity contribution in [2.75, 3.05) is 13.7 Å². The molecule has 20 heavy (non-hydrogen) atoms. The molecule has 4 atom stereocenters. The summed E-state index contributed by atoms with van der Waals surface area (Å²) in [7, 11) is 1.43. The molecular formula is C10H13N5O5. The van der Waals surface area contributed by atoms with Crippen molar-refractivity contribution in [1.29, 1.82) is 0 Å². The number of nitrogens with zero attached hydrogens (tertiary/aromatic N) is 4. The van der Waals surface area contributed by atoms with E-state index in [9.17, 15) is 14.7 Å². The van der Waals surface area contributed by atoms with Gasteiger partial charge in [0.25, 0.3) is 5.56 Å². The Bertz CT molecular complexity index is 633. The van der Waals surface area contributed by atoms with Gasteiger partial charge in [-0.15, -0.1) is 0 Å². The Morgan fingerprint density at radius 1 is 1.65 bits per heavy atom. The molecule has 0 radical (unpaired) electrons. The molecule has 1 saturated heterocycles. The second-order valence-electron chi connectivity index (χ2n) is 4.22. The molecule has 0 saturated carbocycles. The fraction of sp³-hybridized carbons (Fsp3) is 0.600. The van der Waals surface area contributed by atoms with E-state index in [0.717, 1.165) is 10.6 Å². The van der Waals surface area contributed by atoms with Crippen molar-refractivity contribution < 1.29 is 14.6 Å². The zero-order chi connectivity index (χ0) is 14.7. The molecule has 1 aliphatic heterocycles. The van der Waals surface area contributed by atoms with Crippen LogP contribution >= 0.6 is 0 Å². The van der Waals surface area contributed by atoms with Crippen LogP contribution < -0.4 is 11.2 Å². The Hall–Kier alpha value is -2.13. The molecule has 10 heteroatoms. The van der Waals surface area contributed by atoms with Gasteiger partial charge in [0.15, 0.2) is 0 Å². The molecule has 0 amide bonds. The molecule has 0 unspecified atom stereocenters. The maximum absolute atomic E-state index is 11.7. The molecule has 2 rings (SSSR count). The maximum Gasteiger partial charge on any atom is 0.330 e. The molecule has 1 aromatic rings. The lowest BCUT2D eigenvalue weighted by Gasteiger charge is -2.17. The van der Waals surface area contributed by atoms with E-state index in [1.54, 1.807) is 0 Å². The first-order chi connectivity index (χ1) is 9.58. The number of aromatic nitrogens is 2. The molecule has 1 aliphatic rings. The highest BCUT2D eigenvalue weighted by Crippen LogP contribution is 2.31. The number of aromatic amines is 1. The summed E-state index contributed by atoms with van der Waals surface area (Å²) >= 11 is 0. The number of azide groups is 1. The number of hydrogen-bond acceptors (Lipinski definition) is 6. The van der Waals surface area contributed by atoms with Gasteiger partial charge in [-0.2, -0.15) is 0 Å². The monoisotopic (exact) mass is 283 g/mol. The molecule has 108 valence electrons. The van der Waals surface area contributed by atoms with Gasteiger partial charge in [-0.3, -0.25) is 14.3 Å². The zero-order valence-corrected chi connectivity index (χ0v) is 10.5. The summed E-state index contributed by atoms with van der Waals surface area (Å²) in [6, 6.07) is 0.136. The summed E-state index contributed by atoms with van der Waals surface area (Å²) in [6.45, 7) is 0.0766. The van der Waals surface area contributed by atoms with E-state index in [1.165, 1.54) is 13.3 Å². The number of nitrogens with one attached hydrogen (secondary N) is 1. The topological polar surface area (TPSA) is 142 Å². The van der Waals surface area contributed by atoms with Crippen molar-refractivity contribution in [3.05, 3.63) is 43.5 Å². The van der Waals surface area contributed by atoms with Gasteiger partial charge in [0.05, 0.1) is 12.7 Å². The second kappa shape index (κ2) is 5.88. The van der Waals surface area contributed by atoms with Crippen LogP contribution in [0.5, 0.6) is 0 Å². The highest BCUT2D eigenvalue weighted by Gasteiger charge is 2.44. The maximum atomic E-state index is 11.7. The van der Waals surface area contributed by atoms with Gasteiger partial charge in [-0.1, -0.05) is 5.11 Å². The van der Waals surface area contributed by atoms with Gasteiger partial charge < -0.3 is 14.6 Å². The van der Waals surface area contributed by atoms with Crippen LogP contribution in [0.4, 0.5) is 0 Å². The van der Waals surface area contributed by atoms with E-state index in [1.807, 2.05) is 0 Å². The average molecular weight is 283 g/mol. The predicted molar refractivity (Wildman–Crippen MR) is 66.0 cm³/mol. The van der Waals surface area contributed by atoms with E-state index in [2.05, 4.69) is 15.0 Å². The number of methoxy groups -OCH3 is 1. The summed E-state index contributed by atoms with van der Waals surface area (Å²) in [5, 5.41) is 13.5. The Balaban J connectivity index is 2.40. The summed E-state index contributed by atoms with van der Waals surface area (Å²) in [5.41, 5.74) is 7.28. The third-order valence-corrected chi connectivity index (χ3v) is 2.98. The summed E-state index contributed by atoms with van der Waals surface area (Å²) in [5.74, 6) is 0. The van der Waals surface area contributed by atoms with E-state index < -0.39 is 35.7 Å². The van der Waals surface area contributed by atoms with Gasteiger partial charge in [0.1, 0.15) is 18.4 Å². The first-order valence-electron chi connectivity index (χ1n) is 5.76. The Morgan fingerprint density at radius 3 is 3.00 bits per heavy atom. The molecule has 1 aromatic heterocycles. The number of hydrogen-bond donors (Lipinski definition) is 2. The largest absolute Gasteiger partial charge is 0.390 e. The number of rotatable bonds is 4. The van der Waals surface area contributed by atoms with Crippen LogP contribution in [0.25, 0.3) is 10.4 Å². The van der Waals surface area contributed by atoms with Crippen LogP contribution in [0.2, 0.25) is 0 Å². The Kier molecular flexibility index (Phi) is 4.20. The lowest BCUT2D eigenvalue weighted by molar-refractivity contribution is -0.0551. The quantitative estimate of drug-likeness (QED) is 0.419. The molecule has 2 N–H and O–H groups in total. The summed E-state index contributed by atoms with van der Waals surface area (Å²) in [6.07, 6.45) is -1.65. The minimum absolute atomic E-state index is 0.0766. The highest BCUT2D eigenvalue weighted by atomic mass is 16.6. The fourth-order valence-electron chi connectivity index (χ4n) is 2.07. The zero-order valence-electron chi connectivity index (χ0n) is 10.5. The lowest BCUT2D eigenvalue weighted by atomic mass is 10.1. The molecule has 0 aromatic carbocycles. The molecule has 0 spiro atoms. The van der Waals surface area contributed by atoms with Crippen LogP contribution in [0, 0.1) is 0 Å². The van der Waals surface area contributed by atoms with Gasteiger partial charge >= 0.3 is 5.69 Å². The molecule has 2 heterocycles.